The number of hydrogen-bond donors (Lipinski definition) is 0. The SMILES string of the molecule is COc1ccc(/C=C/C(=O)N2CCN(c3cccc(OC)c3)CC2)cc1. The van der Waals surface area contributed by atoms with E-state index in [1.807, 2.05) is 53.4 Å². The van der Waals surface area contributed by atoms with Crippen LogP contribution in [0.15, 0.2) is 54.6 Å². The molecule has 5 nitrogen and oxygen atoms in total. The van der Waals surface area contributed by atoms with Crippen LogP contribution in [0, 0.1) is 0 Å². The van der Waals surface area contributed by atoms with Gasteiger partial charge in [-0.3, -0.25) is 4.79 Å². The molecule has 1 fully saturated rings. The molecule has 1 aliphatic heterocycles. The van der Waals surface area contributed by atoms with Crippen LogP contribution in [0.3, 0.4) is 0 Å². The molecule has 2 aromatic rings. The highest BCUT2D eigenvalue weighted by Gasteiger charge is 2.20. The lowest BCUT2D eigenvalue weighted by Gasteiger charge is -2.35. The second-order valence-corrected chi connectivity index (χ2v) is 6.12. The van der Waals surface area contributed by atoms with Gasteiger partial charge in [0.05, 0.1) is 14.2 Å². The number of rotatable bonds is 5. The van der Waals surface area contributed by atoms with Gasteiger partial charge in [0, 0.05) is 44.0 Å². The summed E-state index contributed by atoms with van der Waals surface area (Å²) in [5.41, 5.74) is 2.11. The predicted molar refractivity (Wildman–Crippen MR) is 104 cm³/mol. The van der Waals surface area contributed by atoms with E-state index in [0.717, 1.165) is 35.8 Å². The van der Waals surface area contributed by atoms with Crippen LogP contribution in [-0.4, -0.2) is 51.2 Å². The molecule has 0 unspecified atom stereocenters. The van der Waals surface area contributed by atoms with E-state index in [2.05, 4.69) is 11.0 Å². The predicted octanol–water partition coefficient (Wildman–Crippen LogP) is 3.07. The fraction of sp³-hybridized carbons (Fsp3) is 0.286. The van der Waals surface area contributed by atoms with Crippen LogP contribution in [0.4, 0.5) is 5.69 Å². The number of amides is 1. The Morgan fingerprint density at radius 1 is 0.923 bits per heavy atom. The summed E-state index contributed by atoms with van der Waals surface area (Å²) in [4.78, 5) is 16.6. The van der Waals surface area contributed by atoms with E-state index >= 15 is 0 Å². The minimum Gasteiger partial charge on any atom is -0.497 e. The highest BCUT2D eigenvalue weighted by atomic mass is 16.5. The normalized spacial score (nSPS) is 14.5. The van der Waals surface area contributed by atoms with Crippen LogP contribution in [0.5, 0.6) is 11.5 Å². The Kier molecular flexibility index (Phi) is 5.79. The van der Waals surface area contributed by atoms with Gasteiger partial charge < -0.3 is 19.3 Å². The van der Waals surface area contributed by atoms with E-state index in [1.165, 1.54) is 0 Å². The summed E-state index contributed by atoms with van der Waals surface area (Å²) >= 11 is 0. The lowest BCUT2D eigenvalue weighted by Crippen LogP contribution is -2.48. The maximum atomic E-state index is 12.4. The summed E-state index contributed by atoms with van der Waals surface area (Å²) in [6.45, 7) is 3.05. The molecule has 1 amide bonds. The maximum absolute atomic E-state index is 12.4. The Morgan fingerprint density at radius 3 is 2.27 bits per heavy atom. The van der Waals surface area contributed by atoms with E-state index in [0.29, 0.717) is 13.1 Å². The molecule has 5 heteroatoms. The van der Waals surface area contributed by atoms with Gasteiger partial charge in [0.2, 0.25) is 5.91 Å². The topological polar surface area (TPSA) is 42.0 Å². The van der Waals surface area contributed by atoms with Gasteiger partial charge in [-0.25, -0.2) is 0 Å². The van der Waals surface area contributed by atoms with Crippen molar-refractivity contribution in [1.29, 1.82) is 0 Å². The molecule has 1 heterocycles. The molecule has 136 valence electrons. The summed E-state index contributed by atoms with van der Waals surface area (Å²) in [5.74, 6) is 1.71. The number of hydrogen-bond acceptors (Lipinski definition) is 4. The monoisotopic (exact) mass is 352 g/mol. The molecule has 2 aromatic carbocycles. The van der Waals surface area contributed by atoms with Gasteiger partial charge in [0.25, 0.3) is 0 Å². The minimum absolute atomic E-state index is 0.0473. The number of ether oxygens (including phenoxy) is 2. The van der Waals surface area contributed by atoms with Crippen LogP contribution in [0.25, 0.3) is 6.08 Å². The molecule has 0 saturated carbocycles. The van der Waals surface area contributed by atoms with E-state index in [1.54, 1.807) is 20.3 Å². The zero-order valence-corrected chi connectivity index (χ0v) is 15.2. The summed E-state index contributed by atoms with van der Waals surface area (Å²) in [6.07, 6.45) is 3.49. The smallest absolute Gasteiger partial charge is 0.246 e. The standard InChI is InChI=1S/C21H24N2O3/c1-25-19-9-6-17(7-10-19)8-11-21(24)23-14-12-22(13-15-23)18-4-3-5-20(16-18)26-2/h3-11,16H,12-15H2,1-2H3/b11-8+. The third-order valence-corrected chi connectivity index (χ3v) is 4.54. The van der Waals surface area contributed by atoms with Crippen molar-refractivity contribution < 1.29 is 14.3 Å². The van der Waals surface area contributed by atoms with Gasteiger partial charge in [-0.05, 0) is 35.9 Å². The first kappa shape index (κ1) is 17.9. The fourth-order valence-electron chi connectivity index (χ4n) is 2.98. The highest BCUT2D eigenvalue weighted by molar-refractivity contribution is 5.92. The van der Waals surface area contributed by atoms with Crippen LogP contribution in [-0.2, 0) is 4.79 Å². The van der Waals surface area contributed by atoms with E-state index in [9.17, 15) is 4.79 Å². The number of benzene rings is 2. The van der Waals surface area contributed by atoms with Crippen molar-refractivity contribution in [3.63, 3.8) is 0 Å². The quantitative estimate of drug-likeness (QED) is 0.776. The Morgan fingerprint density at radius 2 is 1.62 bits per heavy atom. The Balaban J connectivity index is 1.55. The summed E-state index contributed by atoms with van der Waals surface area (Å²) < 4.78 is 10.4. The van der Waals surface area contributed by atoms with Gasteiger partial charge in [0.15, 0.2) is 0 Å². The average molecular weight is 352 g/mol. The van der Waals surface area contributed by atoms with Crippen molar-refractivity contribution in [3.05, 3.63) is 60.2 Å². The number of anilines is 1. The van der Waals surface area contributed by atoms with E-state index < -0.39 is 0 Å². The van der Waals surface area contributed by atoms with Crippen molar-refractivity contribution in [1.82, 2.24) is 4.90 Å². The molecule has 0 radical (unpaired) electrons. The summed E-state index contributed by atoms with van der Waals surface area (Å²) in [7, 11) is 3.31. The largest absolute Gasteiger partial charge is 0.497 e. The molecular weight excluding hydrogens is 328 g/mol. The lowest BCUT2D eigenvalue weighted by molar-refractivity contribution is -0.126. The second kappa shape index (κ2) is 8.43. The molecule has 0 aromatic heterocycles. The van der Waals surface area contributed by atoms with Crippen molar-refractivity contribution in [2.75, 3.05) is 45.3 Å². The number of methoxy groups -OCH3 is 2. The van der Waals surface area contributed by atoms with Gasteiger partial charge in [-0.15, -0.1) is 0 Å². The molecule has 0 aliphatic carbocycles. The first-order valence-corrected chi connectivity index (χ1v) is 8.69. The number of carbonyl (C=O) groups excluding carboxylic acids is 1. The zero-order chi connectivity index (χ0) is 18.4. The van der Waals surface area contributed by atoms with Crippen molar-refractivity contribution in [2.24, 2.45) is 0 Å². The molecule has 0 spiro atoms. The van der Waals surface area contributed by atoms with Crippen molar-refractivity contribution in [3.8, 4) is 11.5 Å². The first-order chi connectivity index (χ1) is 12.7. The van der Waals surface area contributed by atoms with Crippen LogP contribution in [0.2, 0.25) is 0 Å². The molecule has 3 rings (SSSR count). The summed E-state index contributed by atoms with van der Waals surface area (Å²) in [6, 6.07) is 15.7. The van der Waals surface area contributed by atoms with E-state index in [4.69, 9.17) is 9.47 Å². The lowest BCUT2D eigenvalue weighted by atomic mass is 10.2. The van der Waals surface area contributed by atoms with Crippen LogP contribution in [0.1, 0.15) is 5.56 Å². The Bertz CT molecular complexity index is 763. The van der Waals surface area contributed by atoms with Gasteiger partial charge in [-0.2, -0.15) is 0 Å². The number of carbonyl (C=O) groups is 1. The number of piperazine rings is 1. The minimum atomic E-state index is 0.0473. The molecule has 0 N–H and O–H groups in total. The molecular formula is C21H24N2O3. The molecule has 1 aliphatic rings. The second-order valence-electron chi connectivity index (χ2n) is 6.12. The van der Waals surface area contributed by atoms with Gasteiger partial charge in [0.1, 0.15) is 11.5 Å². The third-order valence-electron chi connectivity index (χ3n) is 4.54. The van der Waals surface area contributed by atoms with Crippen molar-refractivity contribution >= 4 is 17.7 Å². The van der Waals surface area contributed by atoms with E-state index in [-0.39, 0.29) is 5.91 Å². The first-order valence-electron chi connectivity index (χ1n) is 8.69. The molecule has 26 heavy (non-hydrogen) atoms. The van der Waals surface area contributed by atoms with Crippen molar-refractivity contribution in [2.45, 2.75) is 0 Å². The number of nitrogens with zero attached hydrogens (tertiary/aromatic N) is 2. The van der Waals surface area contributed by atoms with Gasteiger partial charge >= 0.3 is 0 Å². The van der Waals surface area contributed by atoms with Crippen LogP contribution >= 0.6 is 0 Å². The molecule has 0 atom stereocenters. The third kappa shape index (κ3) is 4.36. The fourth-order valence-corrected chi connectivity index (χ4v) is 2.98. The zero-order valence-electron chi connectivity index (χ0n) is 15.2. The van der Waals surface area contributed by atoms with Gasteiger partial charge in [-0.1, -0.05) is 18.2 Å². The van der Waals surface area contributed by atoms with Crippen LogP contribution < -0.4 is 14.4 Å². The molecule has 1 saturated heterocycles. The Labute approximate surface area is 154 Å². The summed E-state index contributed by atoms with van der Waals surface area (Å²) in [5, 5.41) is 0. The maximum Gasteiger partial charge on any atom is 0.246 e. The average Bonchev–Trinajstić information content (AvgIpc) is 2.72. The molecule has 0 bridgehead atoms. The Hall–Kier alpha value is -2.95. The highest BCUT2D eigenvalue weighted by Crippen LogP contribution is 2.22.